The second-order valence-corrected chi connectivity index (χ2v) is 4.81. The summed E-state index contributed by atoms with van der Waals surface area (Å²) >= 11 is 3.43. The number of nitrogens with two attached hydrogens (primary N) is 1. The number of hydrogen-bond acceptors (Lipinski definition) is 3. The molecule has 0 saturated carbocycles. The maximum absolute atomic E-state index is 8.90. The smallest absolute Gasteiger partial charge is 0.101 e. The highest BCUT2D eigenvalue weighted by Crippen LogP contribution is 2.18. The number of nitrogens with zero attached hydrogens (tertiary/aromatic N) is 1. The molecule has 2 aromatic rings. The summed E-state index contributed by atoms with van der Waals surface area (Å²) in [5, 5.41) is 12.2. The molecule has 0 bridgehead atoms. The molecule has 90 valence electrons. The van der Waals surface area contributed by atoms with Gasteiger partial charge in [-0.05, 0) is 35.9 Å². The van der Waals surface area contributed by atoms with E-state index in [1.54, 1.807) is 12.1 Å². The van der Waals surface area contributed by atoms with E-state index >= 15 is 0 Å². The van der Waals surface area contributed by atoms with Crippen LogP contribution < -0.4 is 11.1 Å². The molecule has 0 aliphatic rings. The number of anilines is 2. The van der Waals surface area contributed by atoms with Crippen molar-refractivity contribution in [1.29, 1.82) is 5.26 Å². The molecule has 0 radical (unpaired) electrons. The number of nitrogens with one attached hydrogen (secondary N) is 1. The third-order valence-corrected chi connectivity index (χ3v) is 3.05. The Balaban J connectivity index is 2.09. The second-order valence-electron chi connectivity index (χ2n) is 3.90. The SMILES string of the molecule is N#Cc1cc(NCc2cccc(Br)c2)ccc1N. The molecule has 0 heterocycles. The minimum Gasteiger partial charge on any atom is -0.398 e. The van der Waals surface area contributed by atoms with Gasteiger partial charge < -0.3 is 11.1 Å². The van der Waals surface area contributed by atoms with Crippen LogP contribution in [-0.4, -0.2) is 0 Å². The number of benzene rings is 2. The normalized spacial score (nSPS) is 9.78. The van der Waals surface area contributed by atoms with Crippen LogP contribution in [0.2, 0.25) is 0 Å². The topological polar surface area (TPSA) is 61.8 Å². The van der Waals surface area contributed by atoms with Gasteiger partial charge in [-0.25, -0.2) is 0 Å². The Morgan fingerprint density at radius 1 is 1.22 bits per heavy atom. The van der Waals surface area contributed by atoms with Gasteiger partial charge in [-0.15, -0.1) is 0 Å². The molecule has 2 aromatic carbocycles. The van der Waals surface area contributed by atoms with Gasteiger partial charge in [-0.2, -0.15) is 5.26 Å². The van der Waals surface area contributed by atoms with E-state index in [1.165, 1.54) is 5.56 Å². The molecule has 0 saturated heterocycles. The number of rotatable bonds is 3. The number of halogens is 1. The van der Waals surface area contributed by atoms with E-state index in [9.17, 15) is 0 Å². The molecule has 18 heavy (non-hydrogen) atoms. The van der Waals surface area contributed by atoms with Gasteiger partial charge in [-0.3, -0.25) is 0 Å². The summed E-state index contributed by atoms with van der Waals surface area (Å²) in [5.74, 6) is 0. The molecule has 0 aliphatic carbocycles. The van der Waals surface area contributed by atoms with Gasteiger partial charge >= 0.3 is 0 Å². The maximum atomic E-state index is 8.90. The van der Waals surface area contributed by atoms with E-state index in [1.807, 2.05) is 24.3 Å². The van der Waals surface area contributed by atoms with Gasteiger partial charge in [-0.1, -0.05) is 28.1 Å². The first-order valence-electron chi connectivity index (χ1n) is 5.47. The summed E-state index contributed by atoms with van der Waals surface area (Å²) in [5.41, 5.74) is 8.73. The van der Waals surface area contributed by atoms with Crippen LogP contribution in [0.1, 0.15) is 11.1 Å². The molecule has 0 amide bonds. The molecule has 0 unspecified atom stereocenters. The van der Waals surface area contributed by atoms with E-state index in [-0.39, 0.29) is 0 Å². The fourth-order valence-electron chi connectivity index (χ4n) is 1.61. The Kier molecular flexibility index (Phi) is 3.85. The molecule has 3 N–H and O–H groups in total. The summed E-state index contributed by atoms with van der Waals surface area (Å²) in [6, 6.07) is 15.5. The van der Waals surface area contributed by atoms with E-state index in [4.69, 9.17) is 11.0 Å². The highest BCUT2D eigenvalue weighted by atomic mass is 79.9. The first-order valence-corrected chi connectivity index (χ1v) is 6.26. The van der Waals surface area contributed by atoms with Gasteiger partial charge in [0.1, 0.15) is 6.07 Å². The van der Waals surface area contributed by atoms with Crippen LogP contribution in [0, 0.1) is 11.3 Å². The molecule has 0 fully saturated rings. The van der Waals surface area contributed by atoms with E-state index in [2.05, 4.69) is 33.4 Å². The van der Waals surface area contributed by atoms with Crippen molar-refractivity contribution in [2.45, 2.75) is 6.54 Å². The van der Waals surface area contributed by atoms with Crippen LogP contribution in [0.15, 0.2) is 46.9 Å². The summed E-state index contributed by atoms with van der Waals surface area (Å²) < 4.78 is 1.05. The lowest BCUT2D eigenvalue weighted by Crippen LogP contribution is -2.00. The van der Waals surface area contributed by atoms with Crippen LogP contribution in [0.25, 0.3) is 0 Å². The van der Waals surface area contributed by atoms with E-state index < -0.39 is 0 Å². The molecule has 2 rings (SSSR count). The van der Waals surface area contributed by atoms with Crippen molar-refractivity contribution in [3.63, 3.8) is 0 Å². The third kappa shape index (κ3) is 3.02. The second kappa shape index (κ2) is 5.56. The molecular weight excluding hydrogens is 290 g/mol. The van der Waals surface area contributed by atoms with Gasteiger partial charge in [0, 0.05) is 22.4 Å². The predicted octanol–water partition coefficient (Wildman–Crippen LogP) is 3.52. The van der Waals surface area contributed by atoms with Crippen molar-refractivity contribution >= 4 is 27.3 Å². The summed E-state index contributed by atoms with van der Waals surface area (Å²) in [7, 11) is 0. The first-order chi connectivity index (χ1) is 8.69. The lowest BCUT2D eigenvalue weighted by atomic mass is 10.1. The fourth-order valence-corrected chi connectivity index (χ4v) is 2.06. The van der Waals surface area contributed by atoms with Gasteiger partial charge in [0.25, 0.3) is 0 Å². The highest BCUT2D eigenvalue weighted by Gasteiger charge is 2.00. The van der Waals surface area contributed by atoms with Crippen molar-refractivity contribution < 1.29 is 0 Å². The first kappa shape index (κ1) is 12.5. The Bertz CT molecular complexity index is 602. The lowest BCUT2D eigenvalue weighted by Gasteiger charge is -2.08. The Morgan fingerprint density at radius 2 is 2.06 bits per heavy atom. The van der Waals surface area contributed by atoms with Gasteiger partial charge in [0.15, 0.2) is 0 Å². The van der Waals surface area contributed by atoms with Crippen LogP contribution in [-0.2, 0) is 6.54 Å². The minimum absolute atomic E-state index is 0.495. The average molecular weight is 302 g/mol. The van der Waals surface area contributed by atoms with E-state index in [0.717, 1.165) is 10.2 Å². The average Bonchev–Trinajstić information content (AvgIpc) is 2.38. The standard InChI is InChI=1S/C14H12BrN3/c15-12-3-1-2-10(6-12)9-18-13-4-5-14(17)11(7-13)8-16/h1-7,18H,9,17H2. The van der Waals surface area contributed by atoms with Crippen molar-refractivity contribution in [3.8, 4) is 6.07 Å². The minimum atomic E-state index is 0.495. The molecule has 3 nitrogen and oxygen atoms in total. The maximum Gasteiger partial charge on any atom is 0.101 e. The van der Waals surface area contributed by atoms with Crippen molar-refractivity contribution in [3.05, 3.63) is 58.1 Å². The molecule has 0 aliphatic heterocycles. The highest BCUT2D eigenvalue weighted by molar-refractivity contribution is 9.10. The molecule has 0 atom stereocenters. The van der Waals surface area contributed by atoms with E-state index in [0.29, 0.717) is 17.8 Å². The monoisotopic (exact) mass is 301 g/mol. The zero-order chi connectivity index (χ0) is 13.0. The summed E-state index contributed by atoms with van der Waals surface area (Å²) in [4.78, 5) is 0. The largest absolute Gasteiger partial charge is 0.398 e. The lowest BCUT2D eigenvalue weighted by molar-refractivity contribution is 1.15. The zero-order valence-electron chi connectivity index (χ0n) is 9.65. The number of hydrogen-bond donors (Lipinski definition) is 2. The molecule has 0 spiro atoms. The van der Waals surface area contributed by atoms with Crippen molar-refractivity contribution in [2.24, 2.45) is 0 Å². The van der Waals surface area contributed by atoms with Crippen molar-refractivity contribution in [1.82, 2.24) is 0 Å². The van der Waals surface area contributed by atoms with Crippen LogP contribution in [0.4, 0.5) is 11.4 Å². The molecular formula is C14H12BrN3. The quantitative estimate of drug-likeness (QED) is 0.853. The van der Waals surface area contributed by atoms with Crippen molar-refractivity contribution in [2.75, 3.05) is 11.1 Å². The predicted molar refractivity (Wildman–Crippen MR) is 77.0 cm³/mol. The molecule has 0 aromatic heterocycles. The van der Waals surface area contributed by atoms with Gasteiger partial charge in [0.05, 0.1) is 5.56 Å². The summed E-state index contributed by atoms with van der Waals surface area (Å²) in [6.45, 7) is 0.703. The molecule has 4 heteroatoms. The fraction of sp³-hybridized carbons (Fsp3) is 0.0714. The Labute approximate surface area is 114 Å². The Hall–Kier alpha value is -1.99. The van der Waals surface area contributed by atoms with Crippen LogP contribution in [0.3, 0.4) is 0 Å². The number of nitrogen functional groups attached to an aromatic ring is 1. The Morgan fingerprint density at radius 3 is 2.78 bits per heavy atom. The van der Waals surface area contributed by atoms with Gasteiger partial charge in [0.2, 0.25) is 0 Å². The van der Waals surface area contributed by atoms with Crippen LogP contribution >= 0.6 is 15.9 Å². The van der Waals surface area contributed by atoms with Crippen LogP contribution in [0.5, 0.6) is 0 Å². The summed E-state index contributed by atoms with van der Waals surface area (Å²) in [6.07, 6.45) is 0. The zero-order valence-corrected chi connectivity index (χ0v) is 11.2. The third-order valence-electron chi connectivity index (χ3n) is 2.56. The number of nitriles is 1.